The molecule has 0 heterocycles. The van der Waals surface area contributed by atoms with Crippen LogP contribution in [-0.4, -0.2) is 11.7 Å². The summed E-state index contributed by atoms with van der Waals surface area (Å²) in [6, 6.07) is 10.5. The summed E-state index contributed by atoms with van der Waals surface area (Å²) in [5.41, 5.74) is 1.21. The topological polar surface area (TPSA) is 20.2 Å². The molecule has 1 N–H and O–H groups in total. The number of hydrogen-bond donors (Lipinski definition) is 1. The summed E-state index contributed by atoms with van der Waals surface area (Å²) in [6.45, 7) is -0.128. The fourth-order valence-electron chi connectivity index (χ4n) is 2.00. The fraction of sp³-hybridized carbons (Fsp3) is 0.200. The lowest BCUT2D eigenvalue weighted by Gasteiger charge is -2.15. The molecule has 0 fully saturated rings. The van der Waals surface area contributed by atoms with Crippen molar-refractivity contribution in [2.45, 2.75) is 12.3 Å². The Morgan fingerprint density at radius 3 is 2.53 bits per heavy atom. The van der Waals surface area contributed by atoms with Gasteiger partial charge in [0.05, 0.1) is 6.61 Å². The van der Waals surface area contributed by atoms with Crippen molar-refractivity contribution in [2.75, 3.05) is 6.61 Å². The van der Waals surface area contributed by atoms with Crippen LogP contribution in [0.15, 0.2) is 42.5 Å². The van der Waals surface area contributed by atoms with Gasteiger partial charge in [-0.05, 0) is 35.7 Å². The first-order valence-electron chi connectivity index (χ1n) is 5.90. The van der Waals surface area contributed by atoms with Gasteiger partial charge < -0.3 is 5.11 Å². The number of rotatable bonds is 4. The molecular formula is C15H13ClF2O. The third-order valence-corrected chi connectivity index (χ3v) is 3.26. The minimum atomic E-state index is -0.607. The molecule has 0 saturated heterocycles. The molecule has 1 unspecified atom stereocenters. The third kappa shape index (κ3) is 3.52. The van der Waals surface area contributed by atoms with E-state index >= 15 is 0 Å². The number of halogens is 3. The van der Waals surface area contributed by atoms with Crippen LogP contribution >= 0.6 is 11.6 Å². The monoisotopic (exact) mass is 282 g/mol. The van der Waals surface area contributed by atoms with Crippen molar-refractivity contribution in [1.29, 1.82) is 0 Å². The van der Waals surface area contributed by atoms with E-state index < -0.39 is 11.6 Å². The second-order valence-electron chi connectivity index (χ2n) is 4.37. The van der Waals surface area contributed by atoms with E-state index in [-0.39, 0.29) is 12.5 Å². The van der Waals surface area contributed by atoms with Crippen LogP contribution in [0.2, 0.25) is 5.02 Å². The third-order valence-electron chi connectivity index (χ3n) is 3.02. The largest absolute Gasteiger partial charge is 0.396 e. The molecule has 0 radical (unpaired) electrons. The Hall–Kier alpha value is -1.45. The van der Waals surface area contributed by atoms with Crippen molar-refractivity contribution in [3.8, 4) is 0 Å². The van der Waals surface area contributed by atoms with Crippen LogP contribution < -0.4 is 0 Å². The van der Waals surface area contributed by atoms with Crippen LogP contribution in [0.5, 0.6) is 0 Å². The molecule has 19 heavy (non-hydrogen) atoms. The number of aliphatic hydroxyl groups is 1. The lowest BCUT2D eigenvalue weighted by molar-refractivity contribution is 0.263. The predicted molar refractivity (Wildman–Crippen MR) is 71.3 cm³/mol. The molecule has 0 aromatic heterocycles. The van der Waals surface area contributed by atoms with Crippen molar-refractivity contribution >= 4 is 11.6 Å². The lowest BCUT2D eigenvalue weighted by atomic mass is 9.92. The molecular weight excluding hydrogens is 270 g/mol. The standard InChI is InChI=1S/C15H13ClF2O/c16-13-3-1-2-10(7-13)12(9-19)6-11-4-5-14(17)8-15(11)18/h1-5,7-8,12,19H,6,9H2. The van der Waals surface area contributed by atoms with Gasteiger partial charge in [-0.2, -0.15) is 0 Å². The van der Waals surface area contributed by atoms with Gasteiger partial charge >= 0.3 is 0 Å². The van der Waals surface area contributed by atoms with E-state index in [1.807, 2.05) is 6.07 Å². The molecule has 0 aliphatic carbocycles. The van der Waals surface area contributed by atoms with Gasteiger partial charge in [-0.15, -0.1) is 0 Å². The van der Waals surface area contributed by atoms with Gasteiger partial charge in [-0.1, -0.05) is 29.8 Å². The molecule has 2 rings (SSSR count). The van der Waals surface area contributed by atoms with E-state index in [0.29, 0.717) is 17.0 Å². The summed E-state index contributed by atoms with van der Waals surface area (Å²) in [4.78, 5) is 0. The van der Waals surface area contributed by atoms with E-state index in [9.17, 15) is 13.9 Å². The van der Waals surface area contributed by atoms with Gasteiger partial charge in [0.15, 0.2) is 0 Å². The Balaban J connectivity index is 2.24. The molecule has 0 spiro atoms. The van der Waals surface area contributed by atoms with Gasteiger partial charge in [0, 0.05) is 17.0 Å². The summed E-state index contributed by atoms with van der Waals surface area (Å²) >= 11 is 5.90. The molecule has 100 valence electrons. The minimum absolute atomic E-state index is 0.128. The van der Waals surface area contributed by atoms with E-state index in [2.05, 4.69) is 0 Å². The highest BCUT2D eigenvalue weighted by Crippen LogP contribution is 2.24. The molecule has 2 aromatic carbocycles. The van der Waals surface area contributed by atoms with Gasteiger partial charge in [0.1, 0.15) is 11.6 Å². The Morgan fingerprint density at radius 2 is 1.89 bits per heavy atom. The quantitative estimate of drug-likeness (QED) is 0.901. The maximum absolute atomic E-state index is 13.6. The first-order valence-corrected chi connectivity index (χ1v) is 6.28. The van der Waals surface area contributed by atoms with E-state index in [1.54, 1.807) is 18.2 Å². The zero-order valence-electron chi connectivity index (χ0n) is 10.1. The second-order valence-corrected chi connectivity index (χ2v) is 4.81. The highest BCUT2D eigenvalue weighted by Gasteiger charge is 2.14. The first kappa shape index (κ1) is 14.0. The average Bonchev–Trinajstić information content (AvgIpc) is 2.38. The maximum Gasteiger partial charge on any atom is 0.129 e. The maximum atomic E-state index is 13.6. The highest BCUT2D eigenvalue weighted by atomic mass is 35.5. The zero-order valence-corrected chi connectivity index (χ0v) is 10.9. The molecule has 1 atom stereocenters. The molecule has 0 amide bonds. The summed E-state index contributed by atoms with van der Waals surface area (Å²) in [5.74, 6) is -1.47. The second kappa shape index (κ2) is 6.13. The predicted octanol–water partition coefficient (Wildman–Crippen LogP) is 3.94. The SMILES string of the molecule is OCC(Cc1ccc(F)cc1F)c1cccc(Cl)c1. The number of aliphatic hydroxyl groups excluding tert-OH is 1. The van der Waals surface area contributed by atoms with Crippen LogP contribution in [0.25, 0.3) is 0 Å². The normalized spacial score (nSPS) is 12.4. The number of hydrogen-bond acceptors (Lipinski definition) is 1. The fourth-order valence-corrected chi connectivity index (χ4v) is 2.20. The highest BCUT2D eigenvalue weighted by molar-refractivity contribution is 6.30. The van der Waals surface area contributed by atoms with Crippen molar-refractivity contribution in [3.63, 3.8) is 0 Å². The number of benzene rings is 2. The summed E-state index contributed by atoms with van der Waals surface area (Å²) < 4.78 is 26.4. The van der Waals surface area contributed by atoms with Gasteiger partial charge in [0.2, 0.25) is 0 Å². The Labute approximate surface area is 115 Å². The lowest BCUT2D eigenvalue weighted by Crippen LogP contribution is -2.09. The minimum Gasteiger partial charge on any atom is -0.396 e. The van der Waals surface area contributed by atoms with Gasteiger partial charge in [-0.25, -0.2) is 8.78 Å². The first-order chi connectivity index (χ1) is 9.10. The molecule has 0 saturated carbocycles. The van der Waals surface area contributed by atoms with Crippen molar-refractivity contribution in [1.82, 2.24) is 0 Å². The van der Waals surface area contributed by atoms with Crippen molar-refractivity contribution in [2.24, 2.45) is 0 Å². The summed E-state index contributed by atoms with van der Waals surface area (Å²) in [6.07, 6.45) is 0.295. The van der Waals surface area contributed by atoms with Crippen LogP contribution in [-0.2, 0) is 6.42 Å². The Bertz CT molecular complexity index is 572. The van der Waals surface area contributed by atoms with Crippen LogP contribution in [0.4, 0.5) is 8.78 Å². The Kier molecular flexibility index (Phi) is 4.51. The summed E-state index contributed by atoms with van der Waals surface area (Å²) in [5, 5.41) is 10.0. The van der Waals surface area contributed by atoms with E-state index in [4.69, 9.17) is 11.6 Å². The van der Waals surface area contributed by atoms with Crippen LogP contribution in [0, 0.1) is 11.6 Å². The average molecular weight is 283 g/mol. The molecule has 0 aliphatic rings. The summed E-state index contributed by atoms with van der Waals surface area (Å²) in [7, 11) is 0. The van der Waals surface area contributed by atoms with Gasteiger partial charge in [-0.3, -0.25) is 0 Å². The van der Waals surface area contributed by atoms with E-state index in [1.165, 1.54) is 12.1 Å². The van der Waals surface area contributed by atoms with Crippen LogP contribution in [0.3, 0.4) is 0 Å². The van der Waals surface area contributed by atoms with Crippen molar-refractivity contribution in [3.05, 3.63) is 70.2 Å². The van der Waals surface area contributed by atoms with Crippen LogP contribution in [0.1, 0.15) is 17.0 Å². The zero-order chi connectivity index (χ0) is 13.8. The Morgan fingerprint density at radius 1 is 1.11 bits per heavy atom. The molecule has 0 bridgehead atoms. The molecule has 1 nitrogen and oxygen atoms in total. The molecule has 2 aromatic rings. The van der Waals surface area contributed by atoms with Crippen molar-refractivity contribution < 1.29 is 13.9 Å². The molecule has 4 heteroatoms. The molecule has 0 aliphatic heterocycles. The van der Waals surface area contributed by atoms with Gasteiger partial charge in [0.25, 0.3) is 0 Å². The van der Waals surface area contributed by atoms with E-state index in [0.717, 1.165) is 11.6 Å². The smallest absolute Gasteiger partial charge is 0.129 e.